The SMILES string of the molecule is C[SiH](C)CN(C(=O)C(F)(F)F)C(C)(C)C. The number of amides is 1. The quantitative estimate of drug-likeness (QED) is 0.679. The summed E-state index contributed by atoms with van der Waals surface area (Å²) >= 11 is 0. The molecule has 1 amide bonds. The molecule has 2 nitrogen and oxygen atoms in total. The summed E-state index contributed by atoms with van der Waals surface area (Å²) < 4.78 is 36.9. The largest absolute Gasteiger partial charge is 0.471 e. The first-order valence-electron chi connectivity index (χ1n) is 4.85. The van der Waals surface area contributed by atoms with Gasteiger partial charge in [-0.1, -0.05) is 13.1 Å². The molecule has 0 aromatic heterocycles. The minimum Gasteiger partial charge on any atom is -0.333 e. The molecule has 0 atom stereocenters. The third-order valence-electron chi connectivity index (χ3n) is 1.85. The van der Waals surface area contributed by atoms with E-state index in [0.717, 1.165) is 4.90 Å². The van der Waals surface area contributed by atoms with Crippen LogP contribution in [-0.4, -0.2) is 37.5 Å². The highest BCUT2D eigenvalue weighted by Crippen LogP contribution is 2.24. The zero-order valence-corrected chi connectivity index (χ0v) is 10.9. The Labute approximate surface area is 90.1 Å². The molecule has 0 rings (SSSR count). The van der Waals surface area contributed by atoms with E-state index < -0.39 is 26.4 Å². The van der Waals surface area contributed by atoms with Crippen molar-refractivity contribution >= 4 is 14.7 Å². The maximum absolute atomic E-state index is 12.3. The summed E-state index contributed by atoms with van der Waals surface area (Å²) in [7, 11) is -1.25. The molecular formula is C9H18F3NOSi. The van der Waals surface area contributed by atoms with Crippen LogP contribution in [0.2, 0.25) is 13.1 Å². The fraction of sp³-hybridized carbons (Fsp3) is 0.889. The Morgan fingerprint density at radius 3 is 1.80 bits per heavy atom. The van der Waals surface area contributed by atoms with Gasteiger partial charge in [0.25, 0.3) is 0 Å². The summed E-state index contributed by atoms with van der Waals surface area (Å²) in [6.07, 6.45) is -4.52. The van der Waals surface area contributed by atoms with Crippen LogP contribution in [0.15, 0.2) is 0 Å². The first kappa shape index (κ1) is 14.5. The van der Waals surface area contributed by atoms with Crippen molar-refractivity contribution < 1.29 is 18.0 Å². The van der Waals surface area contributed by atoms with Crippen LogP contribution < -0.4 is 0 Å². The van der Waals surface area contributed by atoms with E-state index in [-0.39, 0.29) is 6.17 Å². The molecule has 0 saturated heterocycles. The Morgan fingerprint density at radius 2 is 1.60 bits per heavy atom. The summed E-state index contributed by atoms with van der Waals surface area (Å²) in [5.41, 5.74) is -0.774. The lowest BCUT2D eigenvalue weighted by Crippen LogP contribution is -2.53. The number of hydrogen-bond donors (Lipinski definition) is 0. The van der Waals surface area contributed by atoms with Crippen molar-refractivity contribution in [2.24, 2.45) is 0 Å². The van der Waals surface area contributed by atoms with E-state index in [1.165, 1.54) is 0 Å². The van der Waals surface area contributed by atoms with Gasteiger partial charge in [-0.3, -0.25) is 4.79 Å². The second-order valence-corrected chi connectivity index (χ2v) is 8.13. The van der Waals surface area contributed by atoms with E-state index in [1.54, 1.807) is 20.8 Å². The molecule has 0 N–H and O–H groups in total. The zero-order valence-electron chi connectivity index (χ0n) is 9.77. The molecule has 90 valence electrons. The Bertz CT molecular complexity index is 232. The predicted molar refractivity (Wildman–Crippen MR) is 56.4 cm³/mol. The Balaban J connectivity index is 4.89. The van der Waals surface area contributed by atoms with E-state index in [2.05, 4.69) is 0 Å². The van der Waals surface area contributed by atoms with Gasteiger partial charge in [-0.2, -0.15) is 13.2 Å². The van der Waals surface area contributed by atoms with Gasteiger partial charge in [-0.05, 0) is 20.8 Å². The van der Waals surface area contributed by atoms with Gasteiger partial charge in [0.15, 0.2) is 0 Å². The van der Waals surface area contributed by atoms with E-state index in [0.29, 0.717) is 0 Å². The van der Waals surface area contributed by atoms with Crippen LogP contribution in [0.4, 0.5) is 13.2 Å². The lowest BCUT2D eigenvalue weighted by atomic mass is 10.1. The number of carbonyl (C=O) groups is 1. The molecule has 0 heterocycles. The molecule has 0 saturated carbocycles. The van der Waals surface area contributed by atoms with Gasteiger partial charge in [-0.25, -0.2) is 0 Å². The number of carbonyl (C=O) groups excluding carboxylic acids is 1. The average Bonchev–Trinajstić information content (AvgIpc) is 1.94. The van der Waals surface area contributed by atoms with Gasteiger partial charge in [0, 0.05) is 11.7 Å². The Morgan fingerprint density at radius 1 is 1.20 bits per heavy atom. The smallest absolute Gasteiger partial charge is 0.333 e. The Kier molecular flexibility index (Phi) is 4.39. The number of hydrogen-bond acceptors (Lipinski definition) is 1. The fourth-order valence-corrected chi connectivity index (χ4v) is 2.62. The maximum atomic E-state index is 12.3. The van der Waals surface area contributed by atoms with E-state index in [9.17, 15) is 18.0 Å². The molecule has 6 heteroatoms. The van der Waals surface area contributed by atoms with E-state index in [4.69, 9.17) is 0 Å². The minimum atomic E-state index is -4.77. The van der Waals surface area contributed by atoms with Gasteiger partial charge in [0.1, 0.15) is 0 Å². The van der Waals surface area contributed by atoms with Crippen LogP contribution in [0.5, 0.6) is 0 Å². The topological polar surface area (TPSA) is 20.3 Å². The fourth-order valence-electron chi connectivity index (χ4n) is 1.18. The number of rotatable bonds is 2. The lowest BCUT2D eigenvalue weighted by molar-refractivity contribution is -0.189. The maximum Gasteiger partial charge on any atom is 0.471 e. The highest BCUT2D eigenvalue weighted by Gasteiger charge is 2.45. The van der Waals surface area contributed by atoms with Crippen molar-refractivity contribution in [1.29, 1.82) is 0 Å². The molecule has 0 bridgehead atoms. The highest BCUT2D eigenvalue weighted by atomic mass is 28.3. The first-order chi connectivity index (χ1) is 6.46. The molecule has 0 unspecified atom stereocenters. The monoisotopic (exact) mass is 241 g/mol. The molecule has 0 spiro atoms. The van der Waals surface area contributed by atoms with Crippen LogP contribution in [0.25, 0.3) is 0 Å². The molecule has 0 aromatic carbocycles. The van der Waals surface area contributed by atoms with Gasteiger partial charge in [-0.15, -0.1) is 0 Å². The molecule has 0 aliphatic heterocycles. The van der Waals surface area contributed by atoms with E-state index in [1.807, 2.05) is 13.1 Å². The van der Waals surface area contributed by atoms with Gasteiger partial charge in [0.05, 0.1) is 8.80 Å². The number of halogens is 3. The minimum absolute atomic E-state index is 0.252. The van der Waals surface area contributed by atoms with Crippen LogP contribution >= 0.6 is 0 Å². The second-order valence-electron chi connectivity index (χ2n) is 4.98. The molecule has 15 heavy (non-hydrogen) atoms. The van der Waals surface area contributed by atoms with Gasteiger partial charge < -0.3 is 4.90 Å². The van der Waals surface area contributed by atoms with Crippen LogP contribution in [0.3, 0.4) is 0 Å². The molecular weight excluding hydrogens is 223 g/mol. The molecule has 0 aliphatic rings. The summed E-state index contributed by atoms with van der Waals surface area (Å²) in [5, 5.41) is 0. The van der Waals surface area contributed by atoms with Crippen LogP contribution in [0.1, 0.15) is 20.8 Å². The summed E-state index contributed by atoms with van der Waals surface area (Å²) in [6.45, 7) is 8.69. The average molecular weight is 241 g/mol. The lowest BCUT2D eigenvalue weighted by Gasteiger charge is -2.37. The molecule has 0 fully saturated rings. The first-order valence-corrected chi connectivity index (χ1v) is 7.97. The van der Waals surface area contributed by atoms with Crippen molar-refractivity contribution in [3.63, 3.8) is 0 Å². The van der Waals surface area contributed by atoms with Crippen LogP contribution in [0, 0.1) is 0 Å². The van der Waals surface area contributed by atoms with Crippen molar-refractivity contribution in [3.8, 4) is 0 Å². The third-order valence-corrected chi connectivity index (χ3v) is 2.94. The number of alkyl halides is 3. The highest BCUT2D eigenvalue weighted by molar-refractivity contribution is 6.56. The van der Waals surface area contributed by atoms with Crippen molar-refractivity contribution in [3.05, 3.63) is 0 Å². The molecule has 0 aromatic rings. The summed E-state index contributed by atoms with van der Waals surface area (Å²) in [4.78, 5) is 12.1. The molecule has 0 aliphatic carbocycles. The van der Waals surface area contributed by atoms with Crippen LogP contribution in [-0.2, 0) is 4.79 Å². The Hall–Kier alpha value is -0.523. The van der Waals surface area contributed by atoms with Gasteiger partial charge >= 0.3 is 12.1 Å². The normalized spacial score (nSPS) is 13.1. The van der Waals surface area contributed by atoms with E-state index >= 15 is 0 Å². The summed E-state index contributed by atoms with van der Waals surface area (Å²) in [5.74, 6) is -1.73. The third kappa shape index (κ3) is 4.68. The standard InChI is InChI=1S/C9H18F3NOSi/c1-8(2,3)13(6-15(4)5)7(14)9(10,11)12/h15H,6H2,1-5H3. The van der Waals surface area contributed by atoms with Crippen molar-refractivity contribution in [1.82, 2.24) is 4.90 Å². The predicted octanol–water partition coefficient (Wildman–Crippen LogP) is 2.20. The van der Waals surface area contributed by atoms with Gasteiger partial charge in [0.2, 0.25) is 0 Å². The number of nitrogens with zero attached hydrogens (tertiary/aromatic N) is 1. The second kappa shape index (κ2) is 4.55. The van der Waals surface area contributed by atoms with Crippen molar-refractivity contribution in [2.45, 2.75) is 45.6 Å². The van der Waals surface area contributed by atoms with Crippen molar-refractivity contribution in [2.75, 3.05) is 6.17 Å². The zero-order chi connectivity index (χ0) is 12.4. The molecule has 0 radical (unpaired) electrons. The summed E-state index contributed by atoms with van der Waals surface area (Å²) in [6, 6.07) is 0.